The van der Waals surface area contributed by atoms with Crippen molar-refractivity contribution in [2.45, 2.75) is 19.3 Å². The molecule has 15 heavy (non-hydrogen) atoms. The molecule has 82 valence electrons. The van der Waals surface area contributed by atoms with Crippen molar-refractivity contribution in [2.75, 3.05) is 19.0 Å². The topological polar surface area (TPSA) is 54.1 Å². The first-order valence-electron chi connectivity index (χ1n) is 5.22. The lowest BCUT2D eigenvalue weighted by atomic mass is 9.68. The highest BCUT2D eigenvalue weighted by Gasteiger charge is 2.45. The van der Waals surface area contributed by atoms with E-state index in [0.717, 1.165) is 25.1 Å². The number of methoxy groups -OCH3 is 1. The molecule has 0 saturated heterocycles. The second kappa shape index (κ2) is 3.96. The van der Waals surface area contributed by atoms with Gasteiger partial charge in [0, 0.05) is 12.7 Å². The minimum absolute atomic E-state index is 0.0900. The number of hydrogen-bond acceptors (Lipinski definition) is 3. The van der Waals surface area contributed by atoms with Crippen LogP contribution >= 0.6 is 0 Å². The molecule has 4 heteroatoms. The summed E-state index contributed by atoms with van der Waals surface area (Å²) in [5, 5.41) is 3.23. The predicted octanol–water partition coefficient (Wildman–Crippen LogP) is 1.77. The first-order chi connectivity index (χ1) is 7.27. The third-order valence-electron chi connectivity index (χ3n) is 3.14. The molecule has 2 N–H and O–H groups in total. The molecule has 1 fully saturated rings. The molecule has 1 aromatic heterocycles. The molecule has 1 heterocycles. The maximum atomic E-state index is 11.6. The molecule has 4 nitrogen and oxygen atoms in total. The summed E-state index contributed by atoms with van der Waals surface area (Å²) in [6.45, 7) is 0.653. The van der Waals surface area contributed by atoms with Crippen molar-refractivity contribution in [2.24, 2.45) is 5.41 Å². The summed E-state index contributed by atoms with van der Waals surface area (Å²) in [6.07, 6.45) is 4.82. The third-order valence-corrected chi connectivity index (χ3v) is 3.14. The van der Waals surface area contributed by atoms with E-state index in [4.69, 9.17) is 4.74 Å². The molecule has 0 aromatic carbocycles. The van der Waals surface area contributed by atoms with E-state index in [0.29, 0.717) is 6.54 Å². The minimum Gasteiger partial charge on any atom is -0.469 e. The monoisotopic (exact) mass is 208 g/mol. The largest absolute Gasteiger partial charge is 0.469 e. The van der Waals surface area contributed by atoms with E-state index < -0.39 is 0 Å². The Morgan fingerprint density at radius 1 is 1.67 bits per heavy atom. The fourth-order valence-electron chi connectivity index (χ4n) is 1.98. The van der Waals surface area contributed by atoms with E-state index in [1.165, 1.54) is 7.11 Å². The van der Waals surface area contributed by atoms with Crippen molar-refractivity contribution >= 4 is 11.8 Å². The number of rotatable bonds is 4. The van der Waals surface area contributed by atoms with Gasteiger partial charge in [-0.05, 0) is 25.0 Å². The third kappa shape index (κ3) is 1.84. The van der Waals surface area contributed by atoms with Gasteiger partial charge in [-0.2, -0.15) is 0 Å². The highest BCUT2D eigenvalue weighted by molar-refractivity contribution is 5.78. The van der Waals surface area contributed by atoms with Crippen LogP contribution in [0.25, 0.3) is 0 Å². The number of hydrogen-bond donors (Lipinski definition) is 2. The normalized spacial score (nSPS) is 17.9. The predicted molar refractivity (Wildman–Crippen MR) is 57.6 cm³/mol. The van der Waals surface area contributed by atoms with Gasteiger partial charge in [0.05, 0.1) is 12.5 Å². The van der Waals surface area contributed by atoms with Gasteiger partial charge >= 0.3 is 5.97 Å². The van der Waals surface area contributed by atoms with Crippen LogP contribution in [0.3, 0.4) is 0 Å². The molecule has 1 aliphatic carbocycles. The second-order valence-electron chi connectivity index (χ2n) is 4.06. The van der Waals surface area contributed by atoms with Crippen molar-refractivity contribution in [3.63, 3.8) is 0 Å². The molecule has 0 aliphatic heterocycles. The van der Waals surface area contributed by atoms with Gasteiger partial charge < -0.3 is 15.0 Å². The zero-order chi connectivity index (χ0) is 10.7. The molecule has 1 saturated carbocycles. The molecular weight excluding hydrogens is 192 g/mol. The van der Waals surface area contributed by atoms with Crippen LogP contribution < -0.4 is 5.32 Å². The molecule has 0 amide bonds. The van der Waals surface area contributed by atoms with Crippen molar-refractivity contribution in [1.82, 2.24) is 4.98 Å². The molecule has 0 atom stereocenters. The van der Waals surface area contributed by atoms with Crippen molar-refractivity contribution in [1.29, 1.82) is 0 Å². The van der Waals surface area contributed by atoms with Crippen LogP contribution in [0.2, 0.25) is 0 Å². The molecule has 0 unspecified atom stereocenters. The van der Waals surface area contributed by atoms with Crippen LogP contribution in [0.4, 0.5) is 5.82 Å². The molecular formula is C11H16N2O2. The molecule has 1 aliphatic rings. The second-order valence-corrected chi connectivity index (χ2v) is 4.06. The van der Waals surface area contributed by atoms with Crippen LogP contribution in [0.15, 0.2) is 18.3 Å². The molecule has 0 spiro atoms. The number of anilines is 1. The zero-order valence-electron chi connectivity index (χ0n) is 8.88. The average molecular weight is 208 g/mol. The Morgan fingerprint density at radius 2 is 2.47 bits per heavy atom. The Bertz CT molecular complexity index is 328. The Morgan fingerprint density at radius 3 is 2.93 bits per heavy atom. The lowest BCUT2D eigenvalue weighted by Crippen LogP contribution is -2.44. The Kier molecular flexibility index (Phi) is 2.66. The molecule has 2 rings (SSSR count). The van der Waals surface area contributed by atoms with Crippen LogP contribution in [0, 0.1) is 5.41 Å². The maximum absolute atomic E-state index is 11.6. The fraction of sp³-hybridized carbons (Fsp3) is 0.545. The van der Waals surface area contributed by atoms with Gasteiger partial charge in [-0.15, -0.1) is 0 Å². The number of aromatic nitrogens is 1. The van der Waals surface area contributed by atoms with E-state index in [1.807, 2.05) is 18.3 Å². The van der Waals surface area contributed by atoms with E-state index in [-0.39, 0.29) is 11.4 Å². The van der Waals surface area contributed by atoms with Crippen molar-refractivity contribution < 1.29 is 9.53 Å². The number of esters is 1. The quantitative estimate of drug-likeness (QED) is 0.741. The summed E-state index contributed by atoms with van der Waals surface area (Å²) < 4.78 is 4.84. The van der Waals surface area contributed by atoms with Crippen molar-refractivity contribution in [3.05, 3.63) is 18.3 Å². The average Bonchev–Trinajstić information content (AvgIpc) is 2.68. The lowest BCUT2D eigenvalue weighted by molar-refractivity contribution is -0.157. The summed E-state index contributed by atoms with van der Waals surface area (Å²) in [5.74, 6) is 0.859. The Balaban J connectivity index is 1.94. The number of carbonyl (C=O) groups is 1. The highest BCUT2D eigenvalue weighted by Crippen LogP contribution is 2.41. The molecule has 0 radical (unpaired) electrons. The van der Waals surface area contributed by atoms with E-state index in [9.17, 15) is 4.79 Å². The summed E-state index contributed by atoms with van der Waals surface area (Å²) in [4.78, 5) is 14.7. The van der Waals surface area contributed by atoms with Gasteiger partial charge in [-0.25, -0.2) is 0 Å². The van der Waals surface area contributed by atoms with Gasteiger partial charge in [-0.3, -0.25) is 4.79 Å². The number of nitrogens with one attached hydrogen (secondary N) is 2. The maximum Gasteiger partial charge on any atom is 0.313 e. The minimum atomic E-state index is -0.292. The SMILES string of the molecule is COC(=O)C1(CNc2ccc[nH]2)CCC1. The van der Waals surface area contributed by atoms with Crippen LogP contribution in [0.1, 0.15) is 19.3 Å². The van der Waals surface area contributed by atoms with Gasteiger partial charge in [0.2, 0.25) is 0 Å². The first kappa shape index (κ1) is 10.1. The number of H-pyrrole nitrogens is 1. The number of carbonyl (C=O) groups excluding carboxylic acids is 1. The van der Waals surface area contributed by atoms with E-state index >= 15 is 0 Å². The van der Waals surface area contributed by atoms with Crippen LogP contribution in [-0.2, 0) is 9.53 Å². The summed E-state index contributed by atoms with van der Waals surface area (Å²) >= 11 is 0. The van der Waals surface area contributed by atoms with Crippen LogP contribution in [-0.4, -0.2) is 24.6 Å². The van der Waals surface area contributed by atoms with Gasteiger partial charge in [0.15, 0.2) is 0 Å². The lowest BCUT2D eigenvalue weighted by Gasteiger charge is -2.38. The number of aromatic amines is 1. The number of ether oxygens (including phenoxy) is 1. The summed E-state index contributed by atoms with van der Waals surface area (Å²) in [5.41, 5.74) is -0.292. The zero-order valence-corrected chi connectivity index (χ0v) is 8.88. The van der Waals surface area contributed by atoms with Gasteiger partial charge in [-0.1, -0.05) is 6.42 Å². The smallest absolute Gasteiger partial charge is 0.313 e. The van der Waals surface area contributed by atoms with Gasteiger partial charge in [0.25, 0.3) is 0 Å². The fourth-order valence-corrected chi connectivity index (χ4v) is 1.98. The first-order valence-corrected chi connectivity index (χ1v) is 5.22. The standard InChI is InChI=1S/C11H16N2O2/c1-15-10(14)11(5-3-6-11)8-13-9-4-2-7-12-9/h2,4,7,12-13H,3,5-6,8H2,1H3. The molecule has 0 bridgehead atoms. The summed E-state index contributed by atoms with van der Waals surface area (Å²) in [7, 11) is 1.46. The summed E-state index contributed by atoms with van der Waals surface area (Å²) in [6, 6.07) is 3.87. The van der Waals surface area contributed by atoms with Crippen LogP contribution in [0.5, 0.6) is 0 Å². The Labute approximate surface area is 89.0 Å². The van der Waals surface area contributed by atoms with E-state index in [2.05, 4.69) is 10.3 Å². The van der Waals surface area contributed by atoms with Gasteiger partial charge in [0.1, 0.15) is 5.82 Å². The Hall–Kier alpha value is -1.45. The van der Waals surface area contributed by atoms with E-state index in [1.54, 1.807) is 0 Å². The molecule has 1 aromatic rings. The van der Waals surface area contributed by atoms with Crippen molar-refractivity contribution in [3.8, 4) is 0 Å². The highest BCUT2D eigenvalue weighted by atomic mass is 16.5.